The number of nitrogens with zero attached hydrogens (tertiary/aromatic N) is 3. The van der Waals surface area contributed by atoms with Crippen LogP contribution in [0.25, 0.3) is 0 Å². The first kappa shape index (κ1) is 27.3. The monoisotopic (exact) mass is 536 g/mol. The molecular formula is C21H24F4N4O6S. The van der Waals surface area contributed by atoms with Gasteiger partial charge >= 0.3 is 6.09 Å². The second kappa shape index (κ2) is 10.3. The van der Waals surface area contributed by atoms with E-state index in [1.165, 1.54) is 18.9 Å². The number of ether oxygens (including phenoxy) is 1. The maximum absolute atomic E-state index is 15.5. The maximum atomic E-state index is 15.5. The van der Waals surface area contributed by atoms with Gasteiger partial charge in [0, 0.05) is 49.6 Å². The van der Waals surface area contributed by atoms with Crippen LogP contribution in [-0.4, -0.2) is 67.3 Å². The number of anilines is 2. The number of halogens is 4. The average molecular weight is 537 g/mol. The van der Waals surface area contributed by atoms with E-state index in [9.17, 15) is 36.3 Å². The van der Waals surface area contributed by atoms with Crippen molar-refractivity contribution in [2.24, 2.45) is 12.5 Å². The summed E-state index contributed by atoms with van der Waals surface area (Å²) in [5, 5.41) is 12.0. The molecule has 2 N–H and O–H groups in total. The zero-order valence-electron chi connectivity index (χ0n) is 19.4. The molecule has 2 heterocycles. The fourth-order valence-electron chi connectivity index (χ4n) is 4.10. The van der Waals surface area contributed by atoms with Crippen molar-refractivity contribution in [2.75, 3.05) is 35.9 Å². The van der Waals surface area contributed by atoms with Crippen LogP contribution in [0.5, 0.6) is 0 Å². The molecule has 15 heteroatoms. The lowest BCUT2D eigenvalue weighted by Gasteiger charge is -2.34. The Morgan fingerprint density at radius 1 is 1.22 bits per heavy atom. The van der Waals surface area contributed by atoms with Crippen LogP contribution in [0.1, 0.15) is 24.3 Å². The van der Waals surface area contributed by atoms with Crippen molar-refractivity contribution in [1.82, 2.24) is 9.47 Å². The number of aryl methyl sites for hydroxylation is 1. The minimum absolute atomic E-state index is 0.0585. The lowest BCUT2D eigenvalue weighted by molar-refractivity contribution is 0.100. The minimum atomic E-state index is -3.54. The topological polar surface area (TPSA) is 121 Å². The van der Waals surface area contributed by atoms with Crippen molar-refractivity contribution >= 4 is 34.3 Å². The van der Waals surface area contributed by atoms with Crippen LogP contribution in [0.4, 0.5) is 33.7 Å². The van der Waals surface area contributed by atoms with Gasteiger partial charge in [-0.1, -0.05) is 6.92 Å². The molecule has 1 fully saturated rings. The zero-order chi connectivity index (χ0) is 26.9. The summed E-state index contributed by atoms with van der Waals surface area (Å²) in [5.41, 5.74) is -2.96. The summed E-state index contributed by atoms with van der Waals surface area (Å²) >= 11 is 0. The summed E-state index contributed by atoms with van der Waals surface area (Å²) in [6, 6.07) is -0.136. The highest BCUT2D eigenvalue weighted by atomic mass is 32.2. The number of nitrogens with one attached hydrogen (secondary N) is 1. The lowest BCUT2D eigenvalue weighted by Crippen LogP contribution is -2.47. The highest BCUT2D eigenvalue weighted by molar-refractivity contribution is 7.74. The van der Waals surface area contributed by atoms with E-state index in [1.54, 1.807) is 6.92 Å². The number of hydrogen-bond acceptors (Lipinski definition) is 6. The van der Waals surface area contributed by atoms with Crippen molar-refractivity contribution in [1.29, 1.82) is 0 Å². The van der Waals surface area contributed by atoms with E-state index in [0.29, 0.717) is 16.4 Å². The van der Waals surface area contributed by atoms with Crippen molar-refractivity contribution in [3.63, 3.8) is 0 Å². The number of rotatable bonds is 7. The van der Waals surface area contributed by atoms with E-state index < -0.39 is 81.3 Å². The number of aliphatic hydroxyl groups is 1. The molecule has 0 bridgehead atoms. The maximum Gasteiger partial charge on any atom is 0.409 e. The molecule has 36 heavy (non-hydrogen) atoms. The summed E-state index contributed by atoms with van der Waals surface area (Å²) in [7, 11) is -2.31. The van der Waals surface area contributed by atoms with Gasteiger partial charge in [0.25, 0.3) is 5.91 Å². The fourth-order valence-corrected chi connectivity index (χ4v) is 5.00. The number of carbonyl (C=O) groups is 2. The Morgan fingerprint density at radius 3 is 2.36 bits per heavy atom. The smallest absolute Gasteiger partial charge is 0.409 e. The van der Waals surface area contributed by atoms with Gasteiger partial charge < -0.3 is 24.6 Å². The number of carbonyl (C=O) groups excluding carboxylic acids is 2. The first-order chi connectivity index (χ1) is 16.8. The minimum Gasteiger partial charge on any atom is -0.450 e. The highest BCUT2D eigenvalue weighted by Gasteiger charge is 2.49. The standard InChI is InChI=1S/C21H24F4N4O6S/c1-4-35-20(32)28-8-15(21(2,9-28)10-30)29(36(33)34)14-7-27(3)18(17(14)25)19(31)26-11-5-12(22)16(24)13(23)6-11/h5-7,15,30,36H,4,8-10H2,1-3H3,(H,26,31). The first-order valence-corrected chi connectivity index (χ1v) is 11.7. The molecule has 1 aliphatic heterocycles. The molecule has 198 valence electrons. The largest absolute Gasteiger partial charge is 0.450 e. The van der Waals surface area contributed by atoms with Gasteiger partial charge in [-0.05, 0) is 6.92 Å². The molecular weight excluding hydrogens is 512 g/mol. The summed E-state index contributed by atoms with van der Waals surface area (Å²) in [6.07, 6.45) is 0.263. The van der Waals surface area contributed by atoms with Crippen molar-refractivity contribution in [2.45, 2.75) is 19.9 Å². The molecule has 0 radical (unpaired) electrons. The van der Waals surface area contributed by atoms with E-state index in [2.05, 4.69) is 0 Å². The van der Waals surface area contributed by atoms with E-state index in [0.717, 1.165) is 10.8 Å². The molecule has 1 aliphatic rings. The molecule has 10 nitrogen and oxygen atoms in total. The van der Waals surface area contributed by atoms with Crippen molar-refractivity contribution in [3.8, 4) is 0 Å². The van der Waals surface area contributed by atoms with Crippen molar-refractivity contribution in [3.05, 3.63) is 47.3 Å². The van der Waals surface area contributed by atoms with Gasteiger partial charge in [0.05, 0.1) is 19.3 Å². The quantitative estimate of drug-likeness (QED) is 0.283. The van der Waals surface area contributed by atoms with Crippen LogP contribution < -0.4 is 9.62 Å². The van der Waals surface area contributed by atoms with Crippen LogP contribution in [0.2, 0.25) is 0 Å². The summed E-state index contributed by atoms with van der Waals surface area (Å²) < 4.78 is 86.8. The normalized spacial score (nSPS) is 19.6. The lowest BCUT2D eigenvalue weighted by atomic mass is 9.86. The third-order valence-corrected chi connectivity index (χ3v) is 6.76. The number of likely N-dealkylation sites (tertiary alicyclic amines) is 1. The van der Waals surface area contributed by atoms with Gasteiger partial charge in [-0.2, -0.15) is 0 Å². The third kappa shape index (κ3) is 4.97. The van der Waals surface area contributed by atoms with E-state index in [-0.39, 0.29) is 19.7 Å². The molecule has 2 unspecified atom stereocenters. The molecule has 1 saturated heterocycles. The number of aromatic nitrogens is 1. The molecule has 2 atom stereocenters. The first-order valence-electron chi connectivity index (χ1n) is 10.6. The Labute approximate surface area is 205 Å². The third-order valence-electron chi connectivity index (χ3n) is 5.91. The zero-order valence-corrected chi connectivity index (χ0v) is 20.3. The Balaban J connectivity index is 1.99. The van der Waals surface area contributed by atoms with Crippen LogP contribution in [0.15, 0.2) is 18.3 Å². The molecule has 0 saturated carbocycles. The second-order valence-corrected chi connectivity index (χ2v) is 9.39. The van der Waals surface area contributed by atoms with Gasteiger partial charge in [0.1, 0.15) is 11.4 Å². The van der Waals surface area contributed by atoms with Gasteiger partial charge in [0.2, 0.25) is 10.9 Å². The average Bonchev–Trinajstić information content (AvgIpc) is 3.29. The summed E-state index contributed by atoms with van der Waals surface area (Å²) in [5.74, 6) is -7.40. The van der Waals surface area contributed by atoms with E-state index in [1.807, 2.05) is 5.32 Å². The molecule has 0 aliphatic carbocycles. The van der Waals surface area contributed by atoms with Crippen LogP contribution >= 0.6 is 0 Å². The number of thiol groups is 1. The Bertz CT molecular complexity index is 1240. The number of hydrogen-bond donors (Lipinski definition) is 3. The summed E-state index contributed by atoms with van der Waals surface area (Å²) in [4.78, 5) is 26.1. The van der Waals surface area contributed by atoms with Gasteiger partial charge in [0.15, 0.2) is 23.3 Å². The number of benzene rings is 1. The fraction of sp³-hybridized carbons (Fsp3) is 0.429. The molecule has 2 amide bonds. The Hall–Kier alpha value is -3.33. The Kier molecular flexibility index (Phi) is 7.83. The second-order valence-electron chi connectivity index (χ2n) is 8.49. The van der Waals surface area contributed by atoms with Crippen LogP contribution in [0.3, 0.4) is 0 Å². The van der Waals surface area contributed by atoms with Crippen LogP contribution in [-0.2, 0) is 22.7 Å². The Morgan fingerprint density at radius 2 is 1.83 bits per heavy atom. The SMILES string of the molecule is CCOC(=O)N1CC(N(c2cn(C)c(C(=O)Nc3cc(F)c(F)c(F)c3)c2F)[SH](=O)=O)C(C)(CO)C1. The number of aliphatic hydroxyl groups excluding tert-OH is 1. The molecule has 1 aromatic carbocycles. The highest BCUT2D eigenvalue weighted by Crippen LogP contribution is 2.38. The number of amides is 2. The predicted octanol–water partition coefficient (Wildman–Crippen LogP) is 2.01. The van der Waals surface area contributed by atoms with Gasteiger partial charge in [-0.15, -0.1) is 0 Å². The van der Waals surface area contributed by atoms with E-state index in [4.69, 9.17) is 4.74 Å². The molecule has 2 aromatic rings. The molecule has 0 spiro atoms. The molecule has 3 rings (SSSR count). The summed E-state index contributed by atoms with van der Waals surface area (Å²) in [6.45, 7) is 2.27. The van der Waals surface area contributed by atoms with Crippen molar-refractivity contribution < 1.29 is 45.4 Å². The predicted molar refractivity (Wildman–Crippen MR) is 120 cm³/mol. The van der Waals surface area contributed by atoms with Gasteiger partial charge in [-0.3, -0.25) is 9.10 Å². The van der Waals surface area contributed by atoms with Crippen LogP contribution in [0, 0.1) is 28.7 Å². The van der Waals surface area contributed by atoms with Gasteiger partial charge in [-0.25, -0.2) is 30.8 Å². The molecule has 1 aromatic heterocycles. The van der Waals surface area contributed by atoms with E-state index >= 15 is 4.39 Å².